The quantitative estimate of drug-likeness (QED) is 0.944. The minimum absolute atomic E-state index is 0.0616. The molecule has 1 saturated heterocycles. The zero-order chi connectivity index (χ0) is 15.6. The van der Waals surface area contributed by atoms with E-state index in [1.165, 1.54) is 0 Å². The number of benzene rings is 1. The van der Waals surface area contributed by atoms with E-state index < -0.39 is 0 Å². The fourth-order valence-corrected chi connectivity index (χ4v) is 3.70. The number of nitrogens with one attached hydrogen (secondary N) is 1. The summed E-state index contributed by atoms with van der Waals surface area (Å²) in [6, 6.07) is 10.3. The highest BCUT2D eigenvalue weighted by Crippen LogP contribution is 2.26. The van der Waals surface area contributed by atoms with Gasteiger partial charge in [-0.3, -0.25) is 4.79 Å². The van der Waals surface area contributed by atoms with Crippen molar-refractivity contribution in [1.29, 1.82) is 0 Å². The van der Waals surface area contributed by atoms with E-state index in [0.717, 1.165) is 30.2 Å². The van der Waals surface area contributed by atoms with E-state index in [4.69, 9.17) is 9.47 Å². The lowest BCUT2D eigenvalue weighted by molar-refractivity contribution is -0.158. The Morgan fingerprint density at radius 3 is 2.87 bits per heavy atom. The van der Waals surface area contributed by atoms with Gasteiger partial charge in [0.25, 0.3) is 0 Å². The Balaban J connectivity index is 1.36. The molecule has 3 atom stereocenters. The van der Waals surface area contributed by atoms with Gasteiger partial charge in [-0.25, -0.2) is 0 Å². The monoisotopic (exact) mass is 314 g/mol. The van der Waals surface area contributed by atoms with Crippen LogP contribution in [-0.4, -0.2) is 41.9 Å². The van der Waals surface area contributed by atoms with Crippen molar-refractivity contribution in [2.45, 2.75) is 44.1 Å². The molecule has 23 heavy (non-hydrogen) atoms. The molecule has 5 nitrogen and oxygen atoms in total. The van der Waals surface area contributed by atoms with Crippen molar-refractivity contribution >= 4 is 16.8 Å². The Hall–Kier alpha value is -1.85. The van der Waals surface area contributed by atoms with Gasteiger partial charge in [0.15, 0.2) is 0 Å². The first kappa shape index (κ1) is 14.7. The van der Waals surface area contributed by atoms with Crippen LogP contribution < -0.4 is 5.32 Å². The van der Waals surface area contributed by atoms with E-state index in [0.29, 0.717) is 19.8 Å². The van der Waals surface area contributed by atoms with Crippen LogP contribution in [0.3, 0.4) is 0 Å². The maximum atomic E-state index is 12.4. The van der Waals surface area contributed by atoms with Crippen LogP contribution in [0.1, 0.15) is 19.3 Å². The molecule has 2 aliphatic rings. The lowest BCUT2D eigenvalue weighted by Crippen LogP contribution is -2.49. The molecular weight excluding hydrogens is 292 g/mol. The summed E-state index contributed by atoms with van der Waals surface area (Å²) >= 11 is 0. The molecule has 2 heterocycles. The smallest absolute Gasteiger partial charge is 0.240 e. The number of ether oxygens (including phenoxy) is 2. The van der Waals surface area contributed by atoms with Gasteiger partial charge in [0, 0.05) is 17.8 Å². The number of rotatable bonds is 3. The zero-order valence-corrected chi connectivity index (χ0v) is 13.1. The predicted molar refractivity (Wildman–Crippen MR) is 87.2 cm³/mol. The van der Waals surface area contributed by atoms with Crippen molar-refractivity contribution in [3.8, 4) is 0 Å². The lowest BCUT2D eigenvalue weighted by Gasteiger charge is -2.39. The minimum atomic E-state index is 0.0616. The third-order valence-electron chi connectivity index (χ3n) is 4.84. The van der Waals surface area contributed by atoms with Crippen molar-refractivity contribution in [2.75, 3.05) is 13.2 Å². The largest absolute Gasteiger partial charge is 0.373 e. The number of carbonyl (C=O) groups is 1. The molecule has 1 saturated carbocycles. The topological polar surface area (TPSA) is 52.5 Å². The van der Waals surface area contributed by atoms with Gasteiger partial charge in [0.05, 0.1) is 25.4 Å². The van der Waals surface area contributed by atoms with Gasteiger partial charge >= 0.3 is 0 Å². The molecule has 2 fully saturated rings. The lowest BCUT2D eigenvalue weighted by atomic mass is 9.89. The van der Waals surface area contributed by atoms with Crippen molar-refractivity contribution in [3.05, 3.63) is 36.5 Å². The molecule has 0 spiro atoms. The molecule has 1 aromatic carbocycles. The van der Waals surface area contributed by atoms with Crippen molar-refractivity contribution in [3.63, 3.8) is 0 Å². The van der Waals surface area contributed by atoms with Crippen molar-refractivity contribution in [1.82, 2.24) is 9.88 Å². The fraction of sp³-hybridized carbons (Fsp3) is 0.500. The Kier molecular flexibility index (Phi) is 4.06. The highest BCUT2D eigenvalue weighted by atomic mass is 16.6. The van der Waals surface area contributed by atoms with Crippen LogP contribution in [0.5, 0.6) is 0 Å². The van der Waals surface area contributed by atoms with Gasteiger partial charge in [-0.2, -0.15) is 0 Å². The van der Waals surface area contributed by atoms with E-state index in [1.807, 2.05) is 35.0 Å². The third kappa shape index (κ3) is 3.12. The number of aromatic nitrogens is 1. The van der Waals surface area contributed by atoms with E-state index in [2.05, 4.69) is 11.4 Å². The molecular formula is C18H22N2O3. The minimum Gasteiger partial charge on any atom is -0.373 e. The SMILES string of the molecule is O=C(Cn1ccc2ccccc21)N[C@@H]1CC[C@@H]2OCCO[C@H]2C1. The first-order valence-corrected chi connectivity index (χ1v) is 8.36. The van der Waals surface area contributed by atoms with Crippen LogP contribution in [0.25, 0.3) is 10.9 Å². The highest BCUT2D eigenvalue weighted by molar-refractivity contribution is 5.83. The summed E-state index contributed by atoms with van der Waals surface area (Å²) in [4.78, 5) is 12.4. The summed E-state index contributed by atoms with van der Waals surface area (Å²) in [6.07, 6.45) is 5.09. The first-order chi connectivity index (χ1) is 11.3. The van der Waals surface area contributed by atoms with Crippen LogP contribution >= 0.6 is 0 Å². The van der Waals surface area contributed by atoms with Gasteiger partial charge in [-0.05, 0) is 36.8 Å². The molecule has 0 unspecified atom stereocenters. The highest BCUT2D eigenvalue weighted by Gasteiger charge is 2.34. The molecule has 1 aliphatic heterocycles. The molecule has 4 rings (SSSR count). The first-order valence-electron chi connectivity index (χ1n) is 8.36. The molecule has 1 amide bonds. The summed E-state index contributed by atoms with van der Waals surface area (Å²) in [5, 5.41) is 4.32. The number of hydrogen-bond acceptors (Lipinski definition) is 3. The van der Waals surface area contributed by atoms with Crippen LogP contribution in [0.2, 0.25) is 0 Å². The second-order valence-electron chi connectivity index (χ2n) is 6.40. The van der Waals surface area contributed by atoms with Crippen LogP contribution in [0.4, 0.5) is 0 Å². The molecule has 1 N–H and O–H groups in total. The summed E-state index contributed by atoms with van der Waals surface area (Å²) in [6.45, 7) is 1.71. The van der Waals surface area contributed by atoms with Crippen molar-refractivity contribution < 1.29 is 14.3 Å². The number of carbonyl (C=O) groups excluding carboxylic acids is 1. The fourth-order valence-electron chi connectivity index (χ4n) is 3.70. The summed E-state index contributed by atoms with van der Waals surface area (Å²) in [5.41, 5.74) is 1.09. The van der Waals surface area contributed by atoms with Gasteiger partial charge in [0.1, 0.15) is 6.54 Å². The van der Waals surface area contributed by atoms with Gasteiger partial charge in [-0.1, -0.05) is 18.2 Å². The van der Waals surface area contributed by atoms with Crippen LogP contribution in [0, 0.1) is 0 Å². The Bertz CT molecular complexity index is 696. The second kappa shape index (κ2) is 6.34. The molecule has 2 aromatic rings. The number of nitrogens with zero attached hydrogens (tertiary/aromatic N) is 1. The standard InChI is InChI=1S/C18H22N2O3/c21-18(12-20-8-7-13-3-1-2-4-15(13)20)19-14-5-6-16-17(11-14)23-10-9-22-16/h1-4,7-8,14,16-17H,5-6,9-12H2,(H,19,21)/t14-,16+,17+/m1/s1. The molecule has 1 aliphatic carbocycles. The molecule has 1 aromatic heterocycles. The average Bonchev–Trinajstić information content (AvgIpc) is 2.98. The molecule has 0 radical (unpaired) electrons. The number of fused-ring (bicyclic) bond motifs is 2. The number of hydrogen-bond donors (Lipinski definition) is 1. The second-order valence-corrected chi connectivity index (χ2v) is 6.40. The maximum absolute atomic E-state index is 12.4. The Morgan fingerprint density at radius 1 is 1.13 bits per heavy atom. The Morgan fingerprint density at radius 2 is 1.96 bits per heavy atom. The molecule has 5 heteroatoms. The van der Waals surface area contributed by atoms with Gasteiger partial charge in [0.2, 0.25) is 5.91 Å². The predicted octanol–water partition coefficient (Wildman–Crippen LogP) is 2.09. The van der Waals surface area contributed by atoms with E-state index >= 15 is 0 Å². The summed E-state index contributed by atoms with van der Waals surface area (Å²) < 4.78 is 13.5. The summed E-state index contributed by atoms with van der Waals surface area (Å²) in [7, 11) is 0. The third-order valence-corrected chi connectivity index (χ3v) is 4.84. The normalized spacial score (nSPS) is 27.6. The van der Waals surface area contributed by atoms with Crippen LogP contribution in [-0.2, 0) is 20.8 Å². The number of amides is 1. The molecule has 0 bridgehead atoms. The molecule has 122 valence electrons. The van der Waals surface area contributed by atoms with Gasteiger partial charge in [-0.15, -0.1) is 0 Å². The summed E-state index contributed by atoms with van der Waals surface area (Å²) in [5.74, 6) is 0.0616. The van der Waals surface area contributed by atoms with Crippen molar-refractivity contribution in [2.24, 2.45) is 0 Å². The maximum Gasteiger partial charge on any atom is 0.240 e. The van der Waals surface area contributed by atoms with E-state index in [9.17, 15) is 4.79 Å². The Labute approximate surface area is 135 Å². The zero-order valence-electron chi connectivity index (χ0n) is 13.1. The number of para-hydroxylation sites is 1. The van der Waals surface area contributed by atoms with Crippen LogP contribution in [0.15, 0.2) is 36.5 Å². The van der Waals surface area contributed by atoms with E-state index in [1.54, 1.807) is 0 Å². The average molecular weight is 314 g/mol. The van der Waals surface area contributed by atoms with E-state index in [-0.39, 0.29) is 24.2 Å². The van der Waals surface area contributed by atoms with Gasteiger partial charge < -0.3 is 19.4 Å².